The lowest BCUT2D eigenvalue weighted by Gasteiger charge is -2.29. The van der Waals surface area contributed by atoms with Gasteiger partial charge in [-0.25, -0.2) is 4.98 Å². The minimum atomic E-state index is 0.317. The number of carbonyl (C=O) groups excluding carboxylic acids is 1. The zero-order valence-electron chi connectivity index (χ0n) is 10.8. The molecule has 1 aliphatic rings. The summed E-state index contributed by atoms with van der Waals surface area (Å²) in [5.41, 5.74) is 0.945. The van der Waals surface area contributed by atoms with E-state index in [4.69, 9.17) is 0 Å². The number of rotatable bonds is 5. The van der Waals surface area contributed by atoms with E-state index >= 15 is 0 Å². The number of aldehydes is 1. The maximum absolute atomic E-state index is 11.0. The minimum absolute atomic E-state index is 0.317. The molecule has 4 heteroatoms. The van der Waals surface area contributed by atoms with E-state index in [-0.39, 0.29) is 0 Å². The first-order valence-electron chi connectivity index (χ1n) is 6.29. The van der Waals surface area contributed by atoms with Gasteiger partial charge in [-0.05, 0) is 24.7 Å². The summed E-state index contributed by atoms with van der Waals surface area (Å²) in [5, 5.41) is 0.989. The summed E-state index contributed by atoms with van der Waals surface area (Å²) in [5.74, 6) is 1.14. The number of aromatic nitrogens is 1. The predicted molar refractivity (Wildman–Crippen MR) is 72.2 cm³/mol. The average molecular weight is 252 g/mol. The fourth-order valence-electron chi connectivity index (χ4n) is 2.13. The molecule has 1 saturated carbocycles. The lowest BCUT2D eigenvalue weighted by Crippen LogP contribution is -2.29. The van der Waals surface area contributed by atoms with E-state index in [9.17, 15) is 4.79 Å². The Kier molecular flexibility index (Phi) is 3.82. The number of anilines is 1. The van der Waals surface area contributed by atoms with Crippen molar-refractivity contribution < 1.29 is 4.79 Å². The SMILES string of the molecule is CC(C)c1nc(N(C)CC2CCC2)sc1C=O. The van der Waals surface area contributed by atoms with Crippen LogP contribution >= 0.6 is 11.3 Å². The summed E-state index contributed by atoms with van der Waals surface area (Å²) in [7, 11) is 2.08. The topological polar surface area (TPSA) is 33.2 Å². The van der Waals surface area contributed by atoms with Gasteiger partial charge in [0, 0.05) is 13.6 Å². The van der Waals surface area contributed by atoms with Gasteiger partial charge in [0.15, 0.2) is 11.4 Å². The van der Waals surface area contributed by atoms with Crippen molar-refractivity contribution in [1.29, 1.82) is 0 Å². The fraction of sp³-hybridized carbons (Fsp3) is 0.692. The molecule has 0 N–H and O–H groups in total. The van der Waals surface area contributed by atoms with E-state index in [0.717, 1.165) is 34.5 Å². The molecule has 0 bridgehead atoms. The second-order valence-electron chi connectivity index (χ2n) is 5.20. The molecule has 1 aromatic rings. The lowest BCUT2D eigenvalue weighted by atomic mass is 9.85. The van der Waals surface area contributed by atoms with Gasteiger partial charge in [0.25, 0.3) is 0 Å². The van der Waals surface area contributed by atoms with Gasteiger partial charge >= 0.3 is 0 Å². The van der Waals surface area contributed by atoms with Gasteiger partial charge in [-0.15, -0.1) is 0 Å². The van der Waals surface area contributed by atoms with Crippen LogP contribution in [0.15, 0.2) is 0 Å². The number of hydrogen-bond acceptors (Lipinski definition) is 4. The van der Waals surface area contributed by atoms with Crippen LogP contribution in [0.25, 0.3) is 0 Å². The Morgan fingerprint density at radius 3 is 2.65 bits per heavy atom. The molecule has 1 fully saturated rings. The Balaban J connectivity index is 2.11. The normalized spacial score (nSPS) is 16.0. The van der Waals surface area contributed by atoms with Gasteiger partial charge in [-0.1, -0.05) is 31.6 Å². The molecule has 0 aromatic carbocycles. The van der Waals surface area contributed by atoms with E-state index in [2.05, 4.69) is 30.8 Å². The molecule has 1 aliphatic carbocycles. The van der Waals surface area contributed by atoms with E-state index in [1.807, 2.05) is 0 Å². The summed E-state index contributed by atoms with van der Waals surface area (Å²) >= 11 is 1.52. The van der Waals surface area contributed by atoms with Crippen molar-refractivity contribution in [3.05, 3.63) is 10.6 Å². The van der Waals surface area contributed by atoms with Crippen molar-refractivity contribution in [3.63, 3.8) is 0 Å². The summed E-state index contributed by atoms with van der Waals surface area (Å²) < 4.78 is 0. The van der Waals surface area contributed by atoms with Crippen molar-refractivity contribution in [1.82, 2.24) is 4.98 Å². The van der Waals surface area contributed by atoms with E-state index in [1.165, 1.54) is 30.6 Å². The average Bonchev–Trinajstić information content (AvgIpc) is 2.67. The standard InChI is InChI=1S/C13H20N2OS/c1-9(2)12-11(8-16)17-13(14-12)15(3)7-10-5-4-6-10/h8-10H,4-7H2,1-3H3. The van der Waals surface area contributed by atoms with Crippen LogP contribution in [0.3, 0.4) is 0 Å². The maximum Gasteiger partial charge on any atom is 0.185 e. The first-order valence-corrected chi connectivity index (χ1v) is 7.10. The van der Waals surface area contributed by atoms with Gasteiger partial charge in [0.2, 0.25) is 0 Å². The second kappa shape index (κ2) is 5.17. The van der Waals surface area contributed by atoms with Crippen molar-refractivity contribution in [3.8, 4) is 0 Å². The first-order chi connectivity index (χ1) is 8.11. The molecular formula is C13H20N2OS. The molecule has 0 saturated heterocycles. The van der Waals surface area contributed by atoms with Crippen LogP contribution < -0.4 is 4.90 Å². The third-order valence-electron chi connectivity index (χ3n) is 3.41. The Morgan fingerprint density at radius 1 is 1.53 bits per heavy atom. The monoisotopic (exact) mass is 252 g/mol. The van der Waals surface area contributed by atoms with Crippen LogP contribution in [-0.2, 0) is 0 Å². The van der Waals surface area contributed by atoms with Crippen LogP contribution in [0.1, 0.15) is 54.4 Å². The molecular weight excluding hydrogens is 232 g/mol. The van der Waals surface area contributed by atoms with Crippen molar-refractivity contribution in [2.45, 2.75) is 39.0 Å². The predicted octanol–water partition coefficient (Wildman–Crippen LogP) is 3.32. The molecule has 0 spiro atoms. The largest absolute Gasteiger partial charge is 0.351 e. The van der Waals surface area contributed by atoms with Crippen LogP contribution in [0.2, 0.25) is 0 Å². The lowest BCUT2D eigenvalue weighted by molar-refractivity contribution is 0.112. The van der Waals surface area contributed by atoms with Crippen LogP contribution in [0.4, 0.5) is 5.13 Å². The van der Waals surface area contributed by atoms with Gasteiger partial charge in [-0.3, -0.25) is 4.79 Å². The summed E-state index contributed by atoms with van der Waals surface area (Å²) in [6, 6.07) is 0. The zero-order chi connectivity index (χ0) is 12.4. The van der Waals surface area contributed by atoms with Crippen LogP contribution in [-0.4, -0.2) is 24.9 Å². The molecule has 0 radical (unpaired) electrons. The number of hydrogen-bond donors (Lipinski definition) is 0. The highest BCUT2D eigenvalue weighted by molar-refractivity contribution is 7.17. The van der Waals surface area contributed by atoms with Gasteiger partial charge in [0.05, 0.1) is 10.6 Å². The summed E-state index contributed by atoms with van der Waals surface area (Å²) in [6.45, 7) is 5.23. The summed E-state index contributed by atoms with van der Waals surface area (Å²) in [4.78, 5) is 18.6. The van der Waals surface area contributed by atoms with Crippen LogP contribution in [0, 0.1) is 5.92 Å². The van der Waals surface area contributed by atoms with Crippen molar-refractivity contribution in [2.75, 3.05) is 18.5 Å². The third-order valence-corrected chi connectivity index (χ3v) is 4.52. The molecule has 0 unspecified atom stereocenters. The minimum Gasteiger partial charge on any atom is -0.351 e. The fourth-order valence-corrected chi connectivity index (χ4v) is 3.14. The molecule has 2 rings (SSSR count). The highest BCUT2D eigenvalue weighted by atomic mass is 32.1. The highest BCUT2D eigenvalue weighted by Gasteiger charge is 2.22. The van der Waals surface area contributed by atoms with E-state index in [0.29, 0.717) is 5.92 Å². The maximum atomic E-state index is 11.0. The first kappa shape index (κ1) is 12.6. The molecule has 3 nitrogen and oxygen atoms in total. The molecule has 0 atom stereocenters. The van der Waals surface area contributed by atoms with Gasteiger partial charge in [0.1, 0.15) is 0 Å². The third kappa shape index (κ3) is 2.68. The Labute approximate surface area is 107 Å². The van der Waals surface area contributed by atoms with E-state index in [1.54, 1.807) is 0 Å². The molecule has 94 valence electrons. The highest BCUT2D eigenvalue weighted by Crippen LogP contribution is 2.32. The van der Waals surface area contributed by atoms with Crippen molar-refractivity contribution >= 4 is 22.8 Å². The molecule has 1 aromatic heterocycles. The molecule has 0 aliphatic heterocycles. The quantitative estimate of drug-likeness (QED) is 0.754. The Morgan fingerprint density at radius 2 is 2.24 bits per heavy atom. The molecule has 17 heavy (non-hydrogen) atoms. The van der Waals surface area contributed by atoms with Crippen LogP contribution in [0.5, 0.6) is 0 Å². The number of nitrogens with zero attached hydrogens (tertiary/aromatic N) is 2. The number of thiazole rings is 1. The Hall–Kier alpha value is -0.900. The Bertz CT molecular complexity index is 396. The van der Waals surface area contributed by atoms with Gasteiger partial charge < -0.3 is 4.90 Å². The molecule has 1 heterocycles. The summed E-state index contributed by atoms with van der Waals surface area (Å²) in [6.07, 6.45) is 4.99. The zero-order valence-corrected chi connectivity index (χ0v) is 11.6. The smallest absolute Gasteiger partial charge is 0.185 e. The van der Waals surface area contributed by atoms with Crippen molar-refractivity contribution in [2.24, 2.45) is 5.92 Å². The number of carbonyl (C=O) groups is 1. The van der Waals surface area contributed by atoms with Gasteiger partial charge in [-0.2, -0.15) is 0 Å². The van der Waals surface area contributed by atoms with E-state index < -0.39 is 0 Å². The second-order valence-corrected chi connectivity index (χ2v) is 6.21. The molecule has 0 amide bonds.